The van der Waals surface area contributed by atoms with Gasteiger partial charge in [-0.25, -0.2) is 9.69 Å². The van der Waals surface area contributed by atoms with Gasteiger partial charge < -0.3 is 14.8 Å². The summed E-state index contributed by atoms with van der Waals surface area (Å²) in [6.45, 7) is 5.35. The van der Waals surface area contributed by atoms with E-state index in [0.29, 0.717) is 16.3 Å². The van der Waals surface area contributed by atoms with Crippen molar-refractivity contribution in [2.75, 3.05) is 23.9 Å². The highest BCUT2D eigenvalue weighted by molar-refractivity contribution is 6.39. The number of methoxy groups -OCH3 is 1. The molecule has 0 aliphatic carbocycles. The molecule has 0 spiro atoms. The summed E-state index contributed by atoms with van der Waals surface area (Å²) in [5.41, 5.74) is 3.75. The van der Waals surface area contributed by atoms with E-state index < -0.39 is 23.8 Å². The van der Waals surface area contributed by atoms with Gasteiger partial charge in [-0.15, -0.1) is 0 Å². The first-order valence-corrected chi connectivity index (χ1v) is 12.8. The van der Waals surface area contributed by atoms with Gasteiger partial charge in [0.25, 0.3) is 17.7 Å². The van der Waals surface area contributed by atoms with Gasteiger partial charge in [0.1, 0.15) is 5.57 Å². The van der Waals surface area contributed by atoms with Gasteiger partial charge in [0.15, 0.2) is 18.1 Å². The summed E-state index contributed by atoms with van der Waals surface area (Å²) in [4.78, 5) is 51.6. The first-order valence-electron chi connectivity index (χ1n) is 12.0. The zero-order valence-corrected chi connectivity index (χ0v) is 23.6. The summed E-state index contributed by atoms with van der Waals surface area (Å²) in [6.07, 6.45) is 1.28. The summed E-state index contributed by atoms with van der Waals surface area (Å²) in [5, 5.41) is 5.35. The minimum absolute atomic E-state index is 0.0760. The van der Waals surface area contributed by atoms with Gasteiger partial charge in [-0.1, -0.05) is 35.3 Å². The minimum Gasteiger partial charge on any atom is -0.493 e. The molecule has 0 aromatic heterocycles. The number of carbonyl (C=O) groups excluding carboxylic acids is 4. The lowest BCUT2D eigenvalue weighted by Gasteiger charge is -2.26. The highest BCUT2D eigenvalue weighted by Gasteiger charge is 2.37. The number of amides is 5. The van der Waals surface area contributed by atoms with E-state index in [1.165, 1.54) is 31.4 Å². The van der Waals surface area contributed by atoms with Crippen molar-refractivity contribution in [2.24, 2.45) is 0 Å². The van der Waals surface area contributed by atoms with Gasteiger partial charge in [-0.05, 0) is 85.5 Å². The standard InChI is InChI=1S/C29H25Cl2N3O6/c1-15-5-7-19(9-17(15)3)32-25(35)14-40-26-23(31)11-18(12-24(26)39-4)10-21-27(36)33-29(38)34(28(21)37)20-8-6-16(2)22(30)13-20/h5-13H,14H2,1-4H3,(H,32,35)(H,33,36,38)/b21-10+. The third-order valence-corrected chi connectivity index (χ3v) is 6.90. The molecule has 2 N–H and O–H groups in total. The lowest BCUT2D eigenvalue weighted by Crippen LogP contribution is -2.54. The van der Waals surface area contributed by atoms with Gasteiger partial charge in [-0.3, -0.25) is 19.7 Å². The number of halogens is 2. The maximum absolute atomic E-state index is 13.2. The molecule has 1 aliphatic rings. The fourth-order valence-corrected chi connectivity index (χ4v) is 4.35. The second kappa shape index (κ2) is 11.8. The zero-order valence-electron chi connectivity index (χ0n) is 22.1. The number of ether oxygens (including phenoxy) is 2. The number of nitrogens with one attached hydrogen (secondary N) is 2. The van der Waals surface area contributed by atoms with Crippen LogP contribution in [-0.2, 0) is 14.4 Å². The summed E-state index contributed by atoms with van der Waals surface area (Å²) < 4.78 is 11.0. The second-order valence-electron chi connectivity index (χ2n) is 9.06. The van der Waals surface area contributed by atoms with Crippen LogP contribution < -0.4 is 25.0 Å². The topological polar surface area (TPSA) is 114 Å². The lowest BCUT2D eigenvalue weighted by molar-refractivity contribution is -0.122. The van der Waals surface area contributed by atoms with Crippen LogP contribution in [0.3, 0.4) is 0 Å². The Morgan fingerprint density at radius 1 is 0.950 bits per heavy atom. The van der Waals surface area contributed by atoms with Crippen LogP contribution in [0, 0.1) is 20.8 Å². The molecule has 3 aromatic rings. The molecule has 1 heterocycles. The van der Waals surface area contributed by atoms with Gasteiger partial charge in [-0.2, -0.15) is 0 Å². The van der Waals surface area contributed by atoms with Crippen LogP contribution in [-0.4, -0.2) is 37.5 Å². The summed E-state index contributed by atoms with van der Waals surface area (Å²) in [7, 11) is 1.38. The smallest absolute Gasteiger partial charge is 0.335 e. The fourth-order valence-electron chi connectivity index (χ4n) is 3.90. The molecule has 11 heteroatoms. The molecule has 3 aromatic carbocycles. The number of hydrogen-bond donors (Lipinski definition) is 2. The molecular weight excluding hydrogens is 557 g/mol. The molecule has 1 aliphatic heterocycles. The first-order chi connectivity index (χ1) is 19.0. The number of carbonyl (C=O) groups is 4. The minimum atomic E-state index is -0.898. The van der Waals surface area contributed by atoms with Gasteiger partial charge >= 0.3 is 6.03 Å². The SMILES string of the molecule is COc1cc(/C=C2\C(=O)NC(=O)N(c3ccc(C)c(Cl)c3)C2=O)cc(Cl)c1OCC(=O)Nc1ccc(C)c(C)c1. The molecule has 206 valence electrons. The summed E-state index contributed by atoms with van der Waals surface area (Å²) in [5.74, 6) is -1.85. The number of aryl methyl sites for hydroxylation is 3. The Kier molecular flexibility index (Phi) is 8.46. The normalized spacial score (nSPS) is 14.3. The predicted molar refractivity (Wildman–Crippen MR) is 153 cm³/mol. The van der Waals surface area contributed by atoms with E-state index in [1.807, 2.05) is 26.0 Å². The first kappa shape index (κ1) is 28.7. The Morgan fingerprint density at radius 2 is 1.68 bits per heavy atom. The van der Waals surface area contributed by atoms with Crippen molar-refractivity contribution >= 4 is 64.4 Å². The van der Waals surface area contributed by atoms with E-state index >= 15 is 0 Å². The third-order valence-electron chi connectivity index (χ3n) is 6.22. The molecule has 1 saturated heterocycles. The number of rotatable bonds is 7. The van der Waals surface area contributed by atoms with Crippen molar-refractivity contribution < 1.29 is 28.7 Å². The number of benzene rings is 3. The quantitative estimate of drug-likeness (QED) is 0.277. The molecule has 5 amide bonds. The Hall–Kier alpha value is -4.34. The maximum atomic E-state index is 13.2. The van der Waals surface area contributed by atoms with E-state index in [-0.39, 0.29) is 34.4 Å². The molecule has 0 bridgehead atoms. The predicted octanol–water partition coefficient (Wildman–Crippen LogP) is 5.61. The molecule has 0 unspecified atom stereocenters. The Bertz CT molecular complexity index is 1580. The van der Waals surface area contributed by atoms with Crippen molar-refractivity contribution in [1.29, 1.82) is 0 Å². The van der Waals surface area contributed by atoms with E-state index in [4.69, 9.17) is 32.7 Å². The number of imide groups is 2. The molecule has 4 rings (SSSR count). The number of nitrogens with zero attached hydrogens (tertiary/aromatic N) is 1. The van der Waals surface area contributed by atoms with Gasteiger partial charge in [0.05, 0.1) is 17.8 Å². The molecule has 1 fully saturated rings. The van der Waals surface area contributed by atoms with Crippen LogP contribution in [0.5, 0.6) is 11.5 Å². The van der Waals surface area contributed by atoms with Crippen molar-refractivity contribution in [2.45, 2.75) is 20.8 Å². The lowest BCUT2D eigenvalue weighted by atomic mass is 10.1. The van der Waals surface area contributed by atoms with Crippen LogP contribution in [0.4, 0.5) is 16.2 Å². The highest BCUT2D eigenvalue weighted by atomic mass is 35.5. The maximum Gasteiger partial charge on any atom is 0.335 e. The zero-order chi connectivity index (χ0) is 29.1. The summed E-state index contributed by atoms with van der Waals surface area (Å²) in [6, 6.07) is 12.3. The number of urea groups is 1. The Labute approximate surface area is 240 Å². The van der Waals surface area contributed by atoms with Crippen molar-refractivity contribution in [3.05, 3.63) is 86.4 Å². The van der Waals surface area contributed by atoms with Crippen molar-refractivity contribution in [3.63, 3.8) is 0 Å². The molecule has 9 nitrogen and oxygen atoms in total. The highest BCUT2D eigenvalue weighted by Crippen LogP contribution is 2.37. The van der Waals surface area contributed by atoms with Crippen molar-refractivity contribution in [3.8, 4) is 11.5 Å². The van der Waals surface area contributed by atoms with Crippen LogP contribution in [0.2, 0.25) is 10.0 Å². The van der Waals surface area contributed by atoms with Gasteiger partial charge in [0, 0.05) is 10.7 Å². The summed E-state index contributed by atoms with van der Waals surface area (Å²) >= 11 is 12.6. The fraction of sp³-hybridized carbons (Fsp3) is 0.172. The van der Waals surface area contributed by atoms with Crippen LogP contribution in [0.15, 0.2) is 54.1 Å². The largest absolute Gasteiger partial charge is 0.493 e. The van der Waals surface area contributed by atoms with Crippen LogP contribution in [0.1, 0.15) is 22.3 Å². The van der Waals surface area contributed by atoms with Crippen molar-refractivity contribution in [1.82, 2.24) is 5.32 Å². The van der Waals surface area contributed by atoms with Gasteiger partial charge in [0.2, 0.25) is 0 Å². The number of barbiturate groups is 1. The Morgan fingerprint density at radius 3 is 2.35 bits per heavy atom. The molecule has 0 radical (unpaired) electrons. The molecule has 40 heavy (non-hydrogen) atoms. The second-order valence-corrected chi connectivity index (χ2v) is 9.88. The number of anilines is 2. The molecule has 0 saturated carbocycles. The average molecular weight is 582 g/mol. The van der Waals surface area contributed by atoms with E-state index in [9.17, 15) is 19.2 Å². The van der Waals surface area contributed by atoms with E-state index in [2.05, 4.69) is 10.6 Å². The van der Waals surface area contributed by atoms with Crippen LogP contribution in [0.25, 0.3) is 6.08 Å². The molecule has 0 atom stereocenters. The third kappa shape index (κ3) is 6.11. The molecular formula is C29H25Cl2N3O6. The Balaban J connectivity index is 1.56. The van der Waals surface area contributed by atoms with E-state index in [1.54, 1.807) is 25.1 Å². The average Bonchev–Trinajstić information content (AvgIpc) is 2.89. The van der Waals surface area contributed by atoms with E-state index in [0.717, 1.165) is 21.6 Å². The number of hydrogen-bond acceptors (Lipinski definition) is 6. The van der Waals surface area contributed by atoms with Crippen LogP contribution >= 0.6 is 23.2 Å². The monoisotopic (exact) mass is 581 g/mol.